The highest BCUT2D eigenvalue weighted by Gasteiger charge is 2.45. The molecule has 7 rings (SSSR count). The Morgan fingerprint density at radius 3 is 2.56 bits per heavy atom. The molecule has 208 valence electrons. The molecule has 0 unspecified atom stereocenters. The Kier molecular flexibility index (Phi) is 6.96. The first kappa shape index (κ1) is 26.2. The van der Waals surface area contributed by atoms with Crippen LogP contribution in [0, 0.1) is 0 Å². The molecule has 8 nitrogen and oxygen atoms in total. The standard InChI is InChI=1S/C31H29ClN6O2S/c32-24-15-33-28-23(14-25(36-28)21-10-8-20(9-11-21)17-38-12-4-5-13-38)27(24)26-16-34-29(41-26)31(18-40-19-31)37-30(39)35-22-6-2-1-3-7-22/h1-3,6-11,14-16H,4-5,12-13,17-19H2,(H,33,36)(H2,35,37,39). The minimum Gasteiger partial charge on any atom is -0.375 e. The Morgan fingerprint density at radius 1 is 1.05 bits per heavy atom. The average Bonchev–Trinajstić information content (AvgIpc) is 3.73. The number of rotatable bonds is 7. The molecular formula is C31H29ClN6O2S. The number of carbonyl (C=O) groups is 1. The van der Waals surface area contributed by atoms with E-state index in [2.05, 4.69) is 55.8 Å². The summed E-state index contributed by atoms with van der Waals surface area (Å²) in [6.07, 6.45) is 6.07. The maximum Gasteiger partial charge on any atom is 0.320 e. The van der Waals surface area contributed by atoms with E-state index in [-0.39, 0.29) is 6.03 Å². The number of halogens is 1. The lowest BCUT2D eigenvalue weighted by Gasteiger charge is -2.40. The van der Waals surface area contributed by atoms with Gasteiger partial charge in [-0.05, 0) is 55.3 Å². The van der Waals surface area contributed by atoms with E-state index in [1.54, 1.807) is 6.20 Å². The van der Waals surface area contributed by atoms with Gasteiger partial charge in [-0.2, -0.15) is 0 Å². The van der Waals surface area contributed by atoms with E-state index in [1.807, 2.05) is 36.5 Å². The van der Waals surface area contributed by atoms with E-state index in [1.165, 1.54) is 42.8 Å². The van der Waals surface area contributed by atoms with Crippen LogP contribution in [-0.2, 0) is 16.8 Å². The highest BCUT2D eigenvalue weighted by molar-refractivity contribution is 7.15. The highest BCUT2D eigenvalue weighted by Crippen LogP contribution is 2.42. The molecule has 2 aliphatic rings. The molecule has 10 heteroatoms. The number of ether oxygens (including phenoxy) is 1. The second-order valence-electron chi connectivity index (χ2n) is 10.7. The maximum atomic E-state index is 12.8. The van der Waals surface area contributed by atoms with Crippen LogP contribution in [0.15, 0.2) is 73.1 Å². The smallest absolute Gasteiger partial charge is 0.320 e. The number of likely N-dealkylation sites (tertiary alicyclic amines) is 1. The molecule has 0 spiro atoms. The van der Waals surface area contributed by atoms with Crippen molar-refractivity contribution in [2.75, 3.05) is 31.6 Å². The van der Waals surface area contributed by atoms with Gasteiger partial charge in [0.2, 0.25) is 0 Å². The van der Waals surface area contributed by atoms with E-state index >= 15 is 0 Å². The second-order valence-corrected chi connectivity index (χ2v) is 12.1. The topological polar surface area (TPSA) is 95.2 Å². The predicted molar refractivity (Wildman–Crippen MR) is 163 cm³/mol. The minimum absolute atomic E-state index is 0.303. The zero-order chi connectivity index (χ0) is 27.8. The number of H-pyrrole nitrogens is 1. The number of nitrogens with zero attached hydrogens (tertiary/aromatic N) is 3. The fourth-order valence-corrected chi connectivity index (χ4v) is 6.93. The van der Waals surface area contributed by atoms with Gasteiger partial charge in [-0.3, -0.25) is 4.90 Å². The van der Waals surface area contributed by atoms with Crippen LogP contribution in [-0.4, -0.2) is 52.2 Å². The monoisotopic (exact) mass is 584 g/mol. The number of hydrogen-bond donors (Lipinski definition) is 3. The maximum absolute atomic E-state index is 12.8. The van der Waals surface area contributed by atoms with Crippen molar-refractivity contribution in [1.82, 2.24) is 25.2 Å². The molecule has 2 aromatic carbocycles. The Bertz CT molecular complexity index is 1690. The molecule has 0 aliphatic carbocycles. The van der Waals surface area contributed by atoms with Crippen molar-refractivity contribution in [3.05, 3.63) is 88.7 Å². The number of fused-ring (bicyclic) bond motifs is 1. The number of amides is 2. The molecule has 5 aromatic rings. The number of thiazole rings is 1. The number of anilines is 1. The average molecular weight is 585 g/mol. The minimum atomic E-state index is -0.694. The molecule has 3 N–H and O–H groups in total. The van der Waals surface area contributed by atoms with Crippen molar-refractivity contribution >= 4 is 45.7 Å². The number of aromatic amines is 1. The van der Waals surface area contributed by atoms with E-state index in [0.29, 0.717) is 18.2 Å². The van der Waals surface area contributed by atoms with Gasteiger partial charge in [-0.25, -0.2) is 14.8 Å². The third-order valence-electron chi connectivity index (χ3n) is 7.72. The molecular weight excluding hydrogens is 556 g/mol. The molecule has 2 fully saturated rings. The van der Waals surface area contributed by atoms with Crippen LogP contribution in [0.25, 0.3) is 32.7 Å². The highest BCUT2D eigenvalue weighted by atomic mass is 35.5. The van der Waals surface area contributed by atoms with Crippen LogP contribution in [0.1, 0.15) is 23.4 Å². The lowest BCUT2D eigenvalue weighted by molar-refractivity contribution is -0.0710. The predicted octanol–water partition coefficient (Wildman–Crippen LogP) is 6.65. The van der Waals surface area contributed by atoms with Crippen LogP contribution >= 0.6 is 22.9 Å². The van der Waals surface area contributed by atoms with Crippen LogP contribution in [0.3, 0.4) is 0 Å². The fourth-order valence-electron chi connectivity index (χ4n) is 5.51. The van der Waals surface area contributed by atoms with Crippen LogP contribution < -0.4 is 10.6 Å². The molecule has 41 heavy (non-hydrogen) atoms. The van der Waals surface area contributed by atoms with Gasteiger partial charge in [0.15, 0.2) is 0 Å². The first-order valence-electron chi connectivity index (χ1n) is 13.7. The molecule has 0 radical (unpaired) electrons. The second kappa shape index (κ2) is 10.9. The molecule has 3 aromatic heterocycles. The molecule has 2 aliphatic heterocycles. The third-order valence-corrected chi connectivity index (χ3v) is 9.23. The Morgan fingerprint density at radius 2 is 1.83 bits per heavy atom. The van der Waals surface area contributed by atoms with Crippen LogP contribution in [0.2, 0.25) is 5.02 Å². The number of urea groups is 1. The molecule has 2 amide bonds. The van der Waals surface area contributed by atoms with Crippen molar-refractivity contribution in [2.45, 2.75) is 24.9 Å². The molecule has 5 heterocycles. The van der Waals surface area contributed by atoms with E-state index in [9.17, 15) is 4.79 Å². The van der Waals surface area contributed by atoms with Gasteiger partial charge in [0.25, 0.3) is 0 Å². The number of benzene rings is 2. The number of carbonyl (C=O) groups excluding carboxylic acids is 1. The van der Waals surface area contributed by atoms with E-state index < -0.39 is 5.54 Å². The number of para-hydroxylation sites is 1. The summed E-state index contributed by atoms with van der Waals surface area (Å²) in [6.45, 7) is 4.07. The van der Waals surface area contributed by atoms with Gasteiger partial charge in [-0.1, -0.05) is 54.1 Å². The Labute approximate surface area is 246 Å². The van der Waals surface area contributed by atoms with Crippen molar-refractivity contribution < 1.29 is 9.53 Å². The van der Waals surface area contributed by atoms with Crippen molar-refractivity contribution in [1.29, 1.82) is 0 Å². The van der Waals surface area contributed by atoms with Crippen molar-refractivity contribution in [3.63, 3.8) is 0 Å². The lowest BCUT2D eigenvalue weighted by atomic mass is 9.99. The lowest BCUT2D eigenvalue weighted by Crippen LogP contribution is -2.60. The van der Waals surface area contributed by atoms with Crippen molar-refractivity contribution in [3.8, 4) is 21.7 Å². The van der Waals surface area contributed by atoms with E-state index in [0.717, 1.165) is 50.0 Å². The molecule has 0 saturated carbocycles. The largest absolute Gasteiger partial charge is 0.375 e. The zero-order valence-corrected chi connectivity index (χ0v) is 23.9. The SMILES string of the molecule is O=C(Nc1ccccc1)NC1(c2ncc(-c3c(Cl)cnc4[nH]c(-c5ccc(CN6CCCC6)cc5)cc34)s2)COC1. The summed E-state index contributed by atoms with van der Waals surface area (Å²) in [4.78, 5) is 29.0. The summed E-state index contributed by atoms with van der Waals surface area (Å²) in [6, 6.07) is 19.9. The van der Waals surface area contributed by atoms with Gasteiger partial charge in [-0.15, -0.1) is 11.3 Å². The summed E-state index contributed by atoms with van der Waals surface area (Å²) in [5, 5.41) is 8.21. The normalized spacial score (nSPS) is 16.5. The number of aromatic nitrogens is 3. The molecule has 2 saturated heterocycles. The van der Waals surface area contributed by atoms with Gasteiger partial charge >= 0.3 is 6.03 Å². The fraction of sp³-hybridized carbons (Fsp3) is 0.258. The third kappa shape index (κ3) is 5.22. The summed E-state index contributed by atoms with van der Waals surface area (Å²) in [5.74, 6) is 0. The number of hydrogen-bond acceptors (Lipinski definition) is 6. The van der Waals surface area contributed by atoms with E-state index in [4.69, 9.17) is 21.3 Å². The first-order chi connectivity index (χ1) is 20.1. The first-order valence-corrected chi connectivity index (χ1v) is 14.9. The molecule has 0 bridgehead atoms. The van der Waals surface area contributed by atoms with Gasteiger partial charge in [0.05, 0.1) is 23.1 Å². The zero-order valence-electron chi connectivity index (χ0n) is 22.3. The Hall–Kier alpha value is -3.76. The summed E-state index contributed by atoms with van der Waals surface area (Å²) in [7, 11) is 0. The summed E-state index contributed by atoms with van der Waals surface area (Å²) >= 11 is 8.24. The van der Waals surface area contributed by atoms with Gasteiger partial charge < -0.3 is 20.4 Å². The van der Waals surface area contributed by atoms with Crippen LogP contribution in [0.5, 0.6) is 0 Å². The van der Waals surface area contributed by atoms with Crippen molar-refractivity contribution in [2.24, 2.45) is 0 Å². The van der Waals surface area contributed by atoms with Gasteiger partial charge in [0.1, 0.15) is 16.2 Å². The number of nitrogens with one attached hydrogen (secondary N) is 3. The summed E-state index contributed by atoms with van der Waals surface area (Å²) < 4.78 is 5.53. The quantitative estimate of drug-likeness (QED) is 0.199. The number of pyridine rings is 1. The summed E-state index contributed by atoms with van der Waals surface area (Å²) in [5.41, 5.74) is 5.06. The van der Waals surface area contributed by atoms with Crippen LogP contribution in [0.4, 0.5) is 10.5 Å². The molecule has 0 atom stereocenters. The Balaban J connectivity index is 1.14. The van der Waals surface area contributed by atoms with Gasteiger partial charge in [0, 0.05) is 41.3 Å².